The zero-order chi connectivity index (χ0) is 18.1. The molecule has 0 spiro atoms. The zero-order valence-corrected chi connectivity index (χ0v) is 14.7. The topological polar surface area (TPSA) is 85.2 Å². The quantitative estimate of drug-likeness (QED) is 0.339. The van der Waals surface area contributed by atoms with Crippen molar-refractivity contribution in [2.24, 2.45) is 10.2 Å². The molecule has 0 N–H and O–H groups in total. The van der Waals surface area contributed by atoms with Crippen LogP contribution in [0.2, 0.25) is 5.02 Å². The van der Waals surface area contributed by atoms with Crippen LogP contribution in [0.1, 0.15) is 31.0 Å². The minimum Gasteiger partial charge on any atom is -0.281 e. The predicted molar refractivity (Wildman–Crippen MR) is 96.3 cm³/mol. The molecule has 8 heteroatoms. The molecular weight excluding hydrogens is 342 g/mol. The number of nitrogens with zero attached hydrogens (tertiary/aromatic N) is 5. The van der Waals surface area contributed by atoms with Crippen LogP contribution in [0.25, 0.3) is 5.65 Å². The number of halogens is 1. The first-order chi connectivity index (χ1) is 11.9. The second-order valence-corrected chi connectivity index (χ2v) is 6.42. The fourth-order valence-corrected chi connectivity index (χ4v) is 2.59. The number of nitro groups is 1. The zero-order valence-electron chi connectivity index (χ0n) is 14.0. The van der Waals surface area contributed by atoms with E-state index in [4.69, 9.17) is 11.6 Å². The lowest BCUT2D eigenvalue weighted by molar-refractivity contribution is -0.384. The molecule has 3 rings (SSSR count). The van der Waals surface area contributed by atoms with Gasteiger partial charge >= 0.3 is 0 Å². The standard InChI is InChI=1S/C17H16ClN5O2/c1-10(2)16-17(22-9-12(18)5-7-15(22)19-16)21-20-14-8-13(23(24)25)6-4-11(14)3/h4-10H,1-3H3. The second-order valence-electron chi connectivity index (χ2n) is 5.98. The number of aromatic nitrogens is 2. The molecule has 128 valence electrons. The molecule has 25 heavy (non-hydrogen) atoms. The van der Waals surface area contributed by atoms with Crippen molar-refractivity contribution in [3.8, 4) is 0 Å². The third-order valence-electron chi connectivity index (χ3n) is 3.79. The number of azo groups is 1. The third-order valence-corrected chi connectivity index (χ3v) is 4.01. The molecule has 0 aliphatic carbocycles. The minimum absolute atomic E-state index is 0.0233. The van der Waals surface area contributed by atoms with E-state index in [0.29, 0.717) is 16.5 Å². The van der Waals surface area contributed by atoms with E-state index in [9.17, 15) is 10.1 Å². The van der Waals surface area contributed by atoms with E-state index < -0.39 is 4.92 Å². The lowest BCUT2D eigenvalue weighted by Crippen LogP contribution is -1.89. The van der Waals surface area contributed by atoms with Gasteiger partial charge in [0, 0.05) is 18.3 Å². The third kappa shape index (κ3) is 3.36. The van der Waals surface area contributed by atoms with Gasteiger partial charge in [-0.3, -0.25) is 14.5 Å². The second kappa shape index (κ2) is 6.60. The fraction of sp³-hybridized carbons (Fsp3) is 0.235. The maximum absolute atomic E-state index is 11.0. The summed E-state index contributed by atoms with van der Waals surface area (Å²) in [6.45, 7) is 5.86. The summed E-state index contributed by atoms with van der Waals surface area (Å²) in [5.41, 5.74) is 2.73. The number of hydrogen-bond donors (Lipinski definition) is 0. The van der Waals surface area contributed by atoms with E-state index in [1.807, 2.05) is 26.8 Å². The van der Waals surface area contributed by atoms with Crippen molar-refractivity contribution < 1.29 is 4.92 Å². The highest BCUT2D eigenvalue weighted by Gasteiger charge is 2.16. The summed E-state index contributed by atoms with van der Waals surface area (Å²) in [5, 5.41) is 20.1. The number of fused-ring (bicyclic) bond motifs is 1. The van der Waals surface area contributed by atoms with Gasteiger partial charge in [-0.15, -0.1) is 10.2 Å². The minimum atomic E-state index is -0.452. The van der Waals surface area contributed by atoms with Gasteiger partial charge in [0.15, 0.2) is 5.82 Å². The Morgan fingerprint density at radius 3 is 2.68 bits per heavy atom. The van der Waals surface area contributed by atoms with Crippen LogP contribution in [-0.4, -0.2) is 14.3 Å². The Hall–Kier alpha value is -2.80. The molecule has 0 amide bonds. The Kier molecular flexibility index (Phi) is 4.50. The van der Waals surface area contributed by atoms with Crippen molar-refractivity contribution >= 4 is 34.4 Å². The Morgan fingerprint density at radius 1 is 1.24 bits per heavy atom. The van der Waals surface area contributed by atoms with Crippen LogP contribution in [-0.2, 0) is 0 Å². The largest absolute Gasteiger partial charge is 0.281 e. The number of non-ortho nitro benzene ring substituents is 1. The smallest absolute Gasteiger partial charge is 0.271 e. The molecule has 0 atom stereocenters. The molecule has 7 nitrogen and oxygen atoms in total. The van der Waals surface area contributed by atoms with Gasteiger partial charge < -0.3 is 0 Å². The summed E-state index contributed by atoms with van der Waals surface area (Å²) >= 11 is 6.08. The van der Waals surface area contributed by atoms with Crippen LogP contribution >= 0.6 is 11.6 Å². The number of rotatable bonds is 4. The molecule has 0 radical (unpaired) electrons. The molecule has 2 heterocycles. The number of pyridine rings is 1. The van der Waals surface area contributed by atoms with E-state index in [2.05, 4.69) is 15.2 Å². The van der Waals surface area contributed by atoms with Gasteiger partial charge in [0.25, 0.3) is 5.69 Å². The van der Waals surface area contributed by atoms with Gasteiger partial charge in [-0.1, -0.05) is 31.5 Å². The van der Waals surface area contributed by atoms with Crippen molar-refractivity contribution in [3.63, 3.8) is 0 Å². The van der Waals surface area contributed by atoms with Gasteiger partial charge in [0.2, 0.25) is 0 Å². The molecule has 0 fully saturated rings. The van der Waals surface area contributed by atoms with Gasteiger partial charge in [0.05, 0.1) is 21.3 Å². The maximum atomic E-state index is 11.0. The van der Waals surface area contributed by atoms with E-state index in [1.165, 1.54) is 12.1 Å². The predicted octanol–water partition coefficient (Wildman–Crippen LogP) is 5.74. The normalized spacial score (nSPS) is 11.7. The van der Waals surface area contributed by atoms with Crippen molar-refractivity contribution in [1.29, 1.82) is 0 Å². The van der Waals surface area contributed by atoms with Gasteiger partial charge in [-0.2, -0.15) is 0 Å². The molecule has 0 aliphatic rings. The first-order valence-corrected chi connectivity index (χ1v) is 8.09. The summed E-state index contributed by atoms with van der Waals surface area (Å²) < 4.78 is 1.77. The lowest BCUT2D eigenvalue weighted by atomic mass is 10.1. The van der Waals surface area contributed by atoms with Crippen LogP contribution in [0.15, 0.2) is 46.8 Å². The molecule has 0 saturated heterocycles. The summed E-state index contributed by atoms with van der Waals surface area (Å²) in [4.78, 5) is 15.1. The molecule has 0 aliphatic heterocycles. The molecule has 1 aromatic carbocycles. The first-order valence-electron chi connectivity index (χ1n) is 7.71. The monoisotopic (exact) mass is 357 g/mol. The molecular formula is C17H16ClN5O2. The van der Waals surface area contributed by atoms with E-state index >= 15 is 0 Å². The fourth-order valence-electron chi connectivity index (χ4n) is 2.43. The molecule has 2 aromatic heterocycles. The SMILES string of the molecule is Cc1ccc([N+](=O)[O-])cc1N=Nc1c(C(C)C)nc2ccc(Cl)cn12. The van der Waals surface area contributed by atoms with Gasteiger partial charge in [0.1, 0.15) is 5.65 Å². The average Bonchev–Trinajstić information content (AvgIpc) is 2.92. The average molecular weight is 358 g/mol. The summed E-state index contributed by atoms with van der Waals surface area (Å²) in [7, 11) is 0. The highest BCUT2D eigenvalue weighted by atomic mass is 35.5. The Bertz CT molecular complexity index is 994. The van der Waals surface area contributed by atoms with Crippen molar-refractivity contribution in [1.82, 2.24) is 9.38 Å². The van der Waals surface area contributed by atoms with Crippen LogP contribution in [0, 0.1) is 17.0 Å². The van der Waals surface area contributed by atoms with Gasteiger partial charge in [-0.05, 0) is 30.5 Å². The number of hydrogen-bond acceptors (Lipinski definition) is 5. The van der Waals surface area contributed by atoms with Crippen molar-refractivity contribution in [2.75, 3.05) is 0 Å². The number of aryl methyl sites for hydroxylation is 1. The first kappa shape index (κ1) is 17.0. The number of benzene rings is 1. The van der Waals surface area contributed by atoms with Crippen molar-refractivity contribution in [2.45, 2.75) is 26.7 Å². The molecule has 0 bridgehead atoms. The van der Waals surface area contributed by atoms with Crippen molar-refractivity contribution in [3.05, 3.63) is 62.9 Å². The molecule has 0 unspecified atom stereocenters. The lowest BCUT2D eigenvalue weighted by Gasteiger charge is -2.03. The summed E-state index contributed by atoms with van der Waals surface area (Å²) in [6, 6.07) is 8.08. The number of nitro benzene ring substituents is 1. The van der Waals surface area contributed by atoms with Crippen LogP contribution in [0.4, 0.5) is 17.2 Å². The Labute approximate surface area is 149 Å². The Morgan fingerprint density at radius 2 is 2.00 bits per heavy atom. The molecule has 0 saturated carbocycles. The van der Waals surface area contributed by atoms with E-state index in [1.54, 1.807) is 22.7 Å². The highest BCUT2D eigenvalue weighted by Crippen LogP contribution is 2.32. The van der Waals surface area contributed by atoms with E-state index in [0.717, 1.165) is 16.9 Å². The van der Waals surface area contributed by atoms with E-state index in [-0.39, 0.29) is 11.6 Å². The van der Waals surface area contributed by atoms with Crippen LogP contribution in [0.3, 0.4) is 0 Å². The van der Waals surface area contributed by atoms with Gasteiger partial charge in [-0.25, -0.2) is 4.98 Å². The van der Waals surface area contributed by atoms with Crippen LogP contribution < -0.4 is 0 Å². The van der Waals surface area contributed by atoms with Crippen LogP contribution in [0.5, 0.6) is 0 Å². The number of imidazole rings is 1. The summed E-state index contributed by atoms with van der Waals surface area (Å²) in [6.07, 6.45) is 1.73. The summed E-state index contributed by atoms with van der Waals surface area (Å²) in [5.74, 6) is 0.706. The Balaban J connectivity index is 2.12. The highest BCUT2D eigenvalue weighted by molar-refractivity contribution is 6.30. The maximum Gasteiger partial charge on any atom is 0.271 e. The molecule has 3 aromatic rings.